The number of hydrogen-bond acceptors (Lipinski definition) is 7. The standard InChI is InChI=1S/C20H29BF3N3O4S/c1-11(2)7-17(21(30)31)26-18(29)13(8-12-3-4-12)9-15(28)14-5-6-27(14)19-25-16(10-32-19)20(22,23)24/h10-14,17,30-31H,3-9H2,1-2H3,(H,26,29)/t13-,14+,17?/m1/s1. The molecule has 0 aromatic carbocycles. The molecule has 1 amide bonds. The molecule has 0 radical (unpaired) electrons. The largest absolute Gasteiger partial charge is 0.475 e. The quantitative estimate of drug-likeness (QED) is 0.426. The second-order valence-electron chi connectivity index (χ2n) is 9.22. The number of rotatable bonds is 11. The fourth-order valence-electron chi connectivity index (χ4n) is 3.96. The summed E-state index contributed by atoms with van der Waals surface area (Å²) in [5.41, 5.74) is -0.972. The summed E-state index contributed by atoms with van der Waals surface area (Å²) >= 11 is 0.852. The van der Waals surface area contributed by atoms with Crippen LogP contribution in [-0.2, 0) is 15.8 Å². The van der Waals surface area contributed by atoms with Crippen molar-refractivity contribution >= 4 is 35.3 Å². The van der Waals surface area contributed by atoms with Gasteiger partial charge in [0, 0.05) is 24.3 Å². The molecule has 1 unspecified atom stereocenters. The van der Waals surface area contributed by atoms with Gasteiger partial charge in [0.2, 0.25) is 5.91 Å². The molecule has 1 aromatic heterocycles. The van der Waals surface area contributed by atoms with E-state index in [1.165, 1.54) is 0 Å². The van der Waals surface area contributed by atoms with E-state index in [0.717, 1.165) is 29.6 Å². The molecule has 0 spiro atoms. The van der Waals surface area contributed by atoms with Crippen LogP contribution in [0, 0.1) is 17.8 Å². The van der Waals surface area contributed by atoms with E-state index in [2.05, 4.69) is 10.3 Å². The van der Waals surface area contributed by atoms with Crippen molar-refractivity contribution in [3.63, 3.8) is 0 Å². The van der Waals surface area contributed by atoms with E-state index in [9.17, 15) is 32.8 Å². The van der Waals surface area contributed by atoms with E-state index in [1.807, 2.05) is 13.8 Å². The predicted octanol–water partition coefficient (Wildman–Crippen LogP) is 2.66. The first kappa shape index (κ1) is 25.0. The van der Waals surface area contributed by atoms with Gasteiger partial charge in [-0.3, -0.25) is 9.59 Å². The molecule has 2 fully saturated rings. The van der Waals surface area contributed by atoms with Crippen LogP contribution in [0.2, 0.25) is 0 Å². The molecular weight excluding hydrogens is 446 g/mol. The number of nitrogens with one attached hydrogen (secondary N) is 1. The summed E-state index contributed by atoms with van der Waals surface area (Å²) in [6.45, 7) is 4.25. The van der Waals surface area contributed by atoms with E-state index < -0.39 is 36.9 Å². The molecule has 3 N–H and O–H groups in total. The number of hydrogen-bond donors (Lipinski definition) is 3. The maximum Gasteiger partial charge on any atom is 0.475 e. The number of carbonyl (C=O) groups excluding carboxylic acids is 2. The topological polar surface area (TPSA) is 103 Å². The Kier molecular flexibility index (Phi) is 7.87. The summed E-state index contributed by atoms with van der Waals surface area (Å²) in [4.78, 5) is 31.0. The number of thiazole rings is 1. The van der Waals surface area contributed by atoms with Gasteiger partial charge in [-0.25, -0.2) is 4.98 Å². The van der Waals surface area contributed by atoms with Crippen LogP contribution in [0.4, 0.5) is 18.3 Å². The first-order chi connectivity index (χ1) is 15.0. The second-order valence-corrected chi connectivity index (χ2v) is 10.1. The Labute approximate surface area is 189 Å². The first-order valence-corrected chi connectivity index (χ1v) is 11.8. The van der Waals surface area contributed by atoms with E-state index in [4.69, 9.17) is 0 Å². The lowest BCUT2D eigenvalue weighted by Crippen LogP contribution is -2.54. The Hall–Kier alpha value is -1.66. The van der Waals surface area contributed by atoms with Crippen LogP contribution in [0.15, 0.2) is 5.38 Å². The van der Waals surface area contributed by atoms with E-state index >= 15 is 0 Å². The summed E-state index contributed by atoms with van der Waals surface area (Å²) in [6, 6.07) is -0.591. The molecule has 1 aromatic rings. The summed E-state index contributed by atoms with van der Waals surface area (Å²) in [5, 5.41) is 23.0. The number of alkyl halides is 3. The van der Waals surface area contributed by atoms with Gasteiger partial charge in [0.25, 0.3) is 0 Å². The molecule has 1 aliphatic carbocycles. The lowest BCUT2D eigenvalue weighted by atomic mass is 9.74. The molecule has 178 valence electrons. The minimum atomic E-state index is -4.53. The average Bonchev–Trinajstić information content (AvgIpc) is 3.32. The minimum absolute atomic E-state index is 0.0308. The number of anilines is 1. The predicted molar refractivity (Wildman–Crippen MR) is 115 cm³/mol. The number of halogens is 3. The summed E-state index contributed by atoms with van der Waals surface area (Å²) in [6.07, 6.45) is -1.16. The van der Waals surface area contributed by atoms with E-state index in [0.29, 0.717) is 31.7 Å². The van der Waals surface area contributed by atoms with Crippen LogP contribution < -0.4 is 10.2 Å². The Morgan fingerprint density at radius 1 is 1.31 bits per heavy atom. The molecule has 32 heavy (non-hydrogen) atoms. The molecule has 7 nitrogen and oxygen atoms in total. The molecule has 1 aliphatic heterocycles. The molecule has 3 rings (SSSR count). The van der Waals surface area contributed by atoms with Gasteiger partial charge in [-0.1, -0.05) is 26.7 Å². The zero-order valence-corrected chi connectivity index (χ0v) is 19.0. The van der Waals surface area contributed by atoms with Crippen LogP contribution >= 0.6 is 11.3 Å². The van der Waals surface area contributed by atoms with Crippen molar-refractivity contribution in [3.8, 4) is 0 Å². The van der Waals surface area contributed by atoms with Crippen molar-refractivity contribution in [2.24, 2.45) is 17.8 Å². The second kappa shape index (κ2) is 10.1. The van der Waals surface area contributed by atoms with Crippen LogP contribution in [0.3, 0.4) is 0 Å². The van der Waals surface area contributed by atoms with Crippen molar-refractivity contribution < 1.29 is 32.8 Å². The molecule has 3 atom stereocenters. The van der Waals surface area contributed by atoms with Gasteiger partial charge >= 0.3 is 13.3 Å². The average molecular weight is 475 g/mol. The number of aromatic nitrogens is 1. The van der Waals surface area contributed by atoms with Crippen molar-refractivity contribution in [2.75, 3.05) is 11.4 Å². The Morgan fingerprint density at radius 2 is 2.00 bits per heavy atom. The Balaban J connectivity index is 1.64. The molecule has 0 bridgehead atoms. The van der Waals surface area contributed by atoms with Gasteiger partial charge in [0.05, 0.1) is 12.0 Å². The third kappa shape index (κ3) is 6.45. The summed E-state index contributed by atoms with van der Waals surface area (Å²) in [7, 11) is -1.70. The first-order valence-electron chi connectivity index (χ1n) is 10.9. The molecule has 2 heterocycles. The molecular formula is C20H29BF3N3O4S. The zero-order chi connectivity index (χ0) is 23.6. The van der Waals surface area contributed by atoms with Crippen LogP contribution in [0.5, 0.6) is 0 Å². The Bertz CT molecular complexity index is 816. The number of nitrogens with zero attached hydrogens (tertiary/aromatic N) is 2. The smallest absolute Gasteiger partial charge is 0.426 e. The fraction of sp³-hybridized carbons (Fsp3) is 0.750. The summed E-state index contributed by atoms with van der Waals surface area (Å²) in [5.74, 6) is -1.52. The monoisotopic (exact) mass is 475 g/mol. The fourth-order valence-corrected chi connectivity index (χ4v) is 4.87. The minimum Gasteiger partial charge on any atom is -0.426 e. The SMILES string of the molecule is CC(C)CC(NC(=O)[C@@H](CC(=O)[C@@H]1CCN1c1nc(C(F)(F)F)cs1)CC1CC1)B(O)O. The van der Waals surface area contributed by atoms with Crippen molar-refractivity contribution in [1.82, 2.24) is 10.3 Å². The van der Waals surface area contributed by atoms with Crippen LogP contribution in [-0.4, -0.2) is 52.4 Å². The number of amides is 1. The van der Waals surface area contributed by atoms with Gasteiger partial charge in [0.15, 0.2) is 16.6 Å². The zero-order valence-electron chi connectivity index (χ0n) is 18.1. The van der Waals surface area contributed by atoms with Gasteiger partial charge in [0.1, 0.15) is 0 Å². The summed E-state index contributed by atoms with van der Waals surface area (Å²) < 4.78 is 38.5. The van der Waals surface area contributed by atoms with Gasteiger partial charge < -0.3 is 20.3 Å². The highest BCUT2D eigenvalue weighted by Gasteiger charge is 2.41. The van der Waals surface area contributed by atoms with Gasteiger partial charge in [-0.05, 0) is 31.1 Å². The normalized spacial score (nSPS) is 20.6. The number of Topliss-reactive ketones (excluding diaryl/α,β-unsaturated/α-hetero) is 1. The highest BCUT2D eigenvalue weighted by molar-refractivity contribution is 7.13. The Morgan fingerprint density at radius 3 is 2.47 bits per heavy atom. The molecule has 2 aliphatic rings. The number of ketones is 1. The highest BCUT2D eigenvalue weighted by atomic mass is 32.1. The van der Waals surface area contributed by atoms with Crippen molar-refractivity contribution in [2.45, 2.75) is 70.5 Å². The number of carbonyl (C=O) groups is 2. The lowest BCUT2D eigenvalue weighted by molar-refractivity contribution is -0.140. The highest BCUT2D eigenvalue weighted by Crippen LogP contribution is 2.39. The van der Waals surface area contributed by atoms with Crippen LogP contribution in [0.25, 0.3) is 0 Å². The van der Waals surface area contributed by atoms with E-state index in [-0.39, 0.29) is 29.2 Å². The van der Waals surface area contributed by atoms with Crippen LogP contribution in [0.1, 0.15) is 58.1 Å². The van der Waals surface area contributed by atoms with E-state index in [1.54, 1.807) is 4.90 Å². The van der Waals surface area contributed by atoms with Gasteiger partial charge in [-0.15, -0.1) is 11.3 Å². The molecule has 1 saturated heterocycles. The molecule has 1 saturated carbocycles. The van der Waals surface area contributed by atoms with Gasteiger partial charge in [-0.2, -0.15) is 13.2 Å². The van der Waals surface area contributed by atoms with Crippen molar-refractivity contribution in [1.29, 1.82) is 0 Å². The third-order valence-electron chi connectivity index (χ3n) is 5.97. The maximum absolute atomic E-state index is 13.0. The maximum atomic E-state index is 13.0. The third-order valence-corrected chi connectivity index (χ3v) is 6.84. The van der Waals surface area contributed by atoms with Crippen molar-refractivity contribution in [3.05, 3.63) is 11.1 Å². The molecule has 12 heteroatoms. The lowest BCUT2D eigenvalue weighted by Gasteiger charge is -2.40.